The number of aliphatic carboxylic acids is 1. The van der Waals surface area contributed by atoms with E-state index in [4.69, 9.17) is 0 Å². The first kappa shape index (κ1) is 18.0. The van der Waals surface area contributed by atoms with Gasteiger partial charge in [0.1, 0.15) is 0 Å². The number of aliphatic hydroxyl groups is 1. The highest BCUT2D eigenvalue weighted by Crippen LogP contribution is 2.48. The molecule has 0 aromatic heterocycles. The second-order valence-corrected chi connectivity index (χ2v) is 7.92. The van der Waals surface area contributed by atoms with Crippen LogP contribution in [0.4, 0.5) is 0 Å². The van der Waals surface area contributed by atoms with Crippen molar-refractivity contribution in [3.8, 4) is 0 Å². The van der Waals surface area contributed by atoms with Crippen LogP contribution in [-0.2, 0) is 11.2 Å². The van der Waals surface area contributed by atoms with Gasteiger partial charge in [-0.2, -0.15) is 0 Å². The molecule has 2 rings (SSSR count). The molecule has 0 spiro atoms. The molecule has 3 atom stereocenters. The predicted molar refractivity (Wildman–Crippen MR) is 92.6 cm³/mol. The Balaban J connectivity index is 2.18. The molecule has 0 heterocycles. The van der Waals surface area contributed by atoms with Crippen LogP contribution in [-0.4, -0.2) is 21.8 Å². The van der Waals surface area contributed by atoms with E-state index in [1.165, 1.54) is 11.1 Å². The molecule has 0 bridgehead atoms. The molecule has 1 saturated carbocycles. The van der Waals surface area contributed by atoms with Crippen molar-refractivity contribution in [1.82, 2.24) is 0 Å². The van der Waals surface area contributed by atoms with Crippen LogP contribution in [0.5, 0.6) is 0 Å². The number of carbonyl (C=O) groups is 1. The number of hydrogen-bond donors (Lipinski definition) is 2. The number of carboxylic acid groups (broad SMARTS) is 1. The van der Waals surface area contributed by atoms with Gasteiger partial charge in [-0.1, -0.05) is 38.1 Å². The Morgan fingerprint density at radius 2 is 2.00 bits per heavy atom. The second-order valence-electron chi connectivity index (χ2n) is 7.92. The van der Waals surface area contributed by atoms with Gasteiger partial charge in [0.2, 0.25) is 0 Å². The van der Waals surface area contributed by atoms with E-state index in [2.05, 4.69) is 38.1 Å². The molecule has 1 fully saturated rings. The van der Waals surface area contributed by atoms with Crippen molar-refractivity contribution < 1.29 is 15.0 Å². The summed E-state index contributed by atoms with van der Waals surface area (Å²) in [5.41, 5.74) is 0.794. The van der Waals surface area contributed by atoms with E-state index in [0.717, 1.165) is 12.8 Å². The normalized spacial score (nSPS) is 31.3. The predicted octanol–water partition coefficient (Wildman–Crippen LogP) is 4.38. The second kappa shape index (κ2) is 6.64. The van der Waals surface area contributed by atoms with Crippen molar-refractivity contribution in [3.05, 3.63) is 35.4 Å². The zero-order valence-electron chi connectivity index (χ0n) is 14.8. The minimum Gasteiger partial charge on any atom is -0.481 e. The molecule has 2 N–H and O–H groups in total. The monoisotopic (exact) mass is 318 g/mol. The lowest BCUT2D eigenvalue weighted by atomic mass is 9.59. The molecule has 0 saturated heterocycles. The maximum absolute atomic E-state index is 11.8. The van der Waals surface area contributed by atoms with Crippen molar-refractivity contribution in [2.75, 3.05) is 0 Å². The van der Waals surface area contributed by atoms with Crippen molar-refractivity contribution >= 4 is 5.97 Å². The van der Waals surface area contributed by atoms with E-state index in [1.807, 2.05) is 6.92 Å². The van der Waals surface area contributed by atoms with Crippen molar-refractivity contribution in [2.24, 2.45) is 11.3 Å². The molecule has 1 aliphatic carbocycles. The molecule has 23 heavy (non-hydrogen) atoms. The molecule has 0 amide bonds. The van der Waals surface area contributed by atoms with Crippen LogP contribution in [0.15, 0.2) is 24.3 Å². The maximum Gasteiger partial charge on any atom is 0.309 e. The summed E-state index contributed by atoms with van der Waals surface area (Å²) >= 11 is 0. The van der Waals surface area contributed by atoms with Gasteiger partial charge in [0.05, 0.1) is 11.0 Å². The van der Waals surface area contributed by atoms with Gasteiger partial charge in [0.25, 0.3) is 0 Å². The summed E-state index contributed by atoms with van der Waals surface area (Å²) in [6.45, 7) is 7.96. The van der Waals surface area contributed by atoms with Crippen LogP contribution in [0.2, 0.25) is 0 Å². The molecular weight excluding hydrogens is 288 g/mol. The standard InChI is InChI=1S/C20H30O3/c1-14(2)16-8-5-7-15(13-16)9-10-17-19(3,18(21)22)11-6-12-20(17,4)23/h5,7-8,13-14,17,23H,6,9-12H2,1-4H3,(H,21,22)/t17-,19+,20-/m0/s1. The smallest absolute Gasteiger partial charge is 0.309 e. The third-order valence-corrected chi connectivity index (χ3v) is 5.73. The summed E-state index contributed by atoms with van der Waals surface area (Å²) in [5.74, 6) is -0.514. The Labute approximate surface area is 139 Å². The lowest BCUT2D eigenvalue weighted by Crippen LogP contribution is -2.52. The van der Waals surface area contributed by atoms with Crippen molar-refractivity contribution in [3.63, 3.8) is 0 Å². The summed E-state index contributed by atoms with van der Waals surface area (Å²) < 4.78 is 0. The Hall–Kier alpha value is -1.35. The summed E-state index contributed by atoms with van der Waals surface area (Å²) in [7, 11) is 0. The molecule has 3 heteroatoms. The molecular formula is C20H30O3. The number of benzene rings is 1. The molecule has 1 aromatic rings. The first-order valence-corrected chi connectivity index (χ1v) is 8.71. The fraction of sp³-hybridized carbons (Fsp3) is 0.650. The topological polar surface area (TPSA) is 57.5 Å². The molecule has 1 aliphatic rings. The third-order valence-electron chi connectivity index (χ3n) is 5.73. The van der Waals surface area contributed by atoms with Crippen LogP contribution in [0.1, 0.15) is 70.4 Å². The quantitative estimate of drug-likeness (QED) is 0.847. The highest BCUT2D eigenvalue weighted by molar-refractivity contribution is 5.75. The number of carboxylic acids is 1. The van der Waals surface area contributed by atoms with E-state index in [1.54, 1.807) is 6.92 Å². The Bertz CT molecular complexity index is 562. The fourth-order valence-corrected chi connectivity index (χ4v) is 4.15. The van der Waals surface area contributed by atoms with Crippen LogP contribution in [0.3, 0.4) is 0 Å². The Kier molecular flexibility index (Phi) is 5.20. The van der Waals surface area contributed by atoms with Crippen molar-refractivity contribution in [1.29, 1.82) is 0 Å². The van der Waals surface area contributed by atoms with Gasteiger partial charge in [-0.25, -0.2) is 0 Å². The van der Waals surface area contributed by atoms with Crippen LogP contribution in [0.25, 0.3) is 0 Å². The Morgan fingerprint density at radius 1 is 1.30 bits per heavy atom. The number of rotatable bonds is 5. The average molecular weight is 318 g/mol. The van der Waals surface area contributed by atoms with E-state index >= 15 is 0 Å². The number of aryl methyl sites for hydroxylation is 1. The number of hydrogen-bond acceptors (Lipinski definition) is 2. The fourth-order valence-electron chi connectivity index (χ4n) is 4.15. The highest BCUT2D eigenvalue weighted by atomic mass is 16.4. The maximum atomic E-state index is 11.8. The van der Waals surface area contributed by atoms with E-state index in [0.29, 0.717) is 25.2 Å². The van der Waals surface area contributed by atoms with Gasteiger partial charge in [0.15, 0.2) is 0 Å². The van der Waals surface area contributed by atoms with Gasteiger partial charge >= 0.3 is 5.97 Å². The molecule has 0 radical (unpaired) electrons. The van der Waals surface area contributed by atoms with Crippen LogP contribution >= 0.6 is 0 Å². The molecule has 1 aromatic carbocycles. The van der Waals surface area contributed by atoms with E-state index in [9.17, 15) is 15.0 Å². The summed E-state index contributed by atoms with van der Waals surface area (Å²) in [4.78, 5) is 11.8. The van der Waals surface area contributed by atoms with Gasteiger partial charge in [-0.05, 0) is 63.0 Å². The van der Waals surface area contributed by atoms with Crippen LogP contribution < -0.4 is 0 Å². The Morgan fingerprint density at radius 3 is 2.61 bits per heavy atom. The first-order valence-electron chi connectivity index (χ1n) is 8.71. The third kappa shape index (κ3) is 3.77. The molecule has 128 valence electrons. The highest BCUT2D eigenvalue weighted by Gasteiger charge is 2.51. The zero-order chi connectivity index (χ0) is 17.3. The lowest BCUT2D eigenvalue weighted by molar-refractivity contribution is -0.168. The van der Waals surface area contributed by atoms with Gasteiger partial charge in [0, 0.05) is 5.92 Å². The molecule has 0 aliphatic heterocycles. The molecule has 0 unspecified atom stereocenters. The zero-order valence-corrected chi connectivity index (χ0v) is 14.8. The van der Waals surface area contributed by atoms with E-state index < -0.39 is 17.0 Å². The lowest BCUT2D eigenvalue weighted by Gasteiger charge is -2.47. The van der Waals surface area contributed by atoms with E-state index in [-0.39, 0.29) is 5.92 Å². The SMILES string of the molecule is CC(C)c1cccc(CC[C@@H]2[C@@](C)(O)CCC[C@@]2(C)C(=O)O)c1. The minimum absolute atomic E-state index is 0.219. The average Bonchev–Trinajstić information content (AvgIpc) is 2.46. The summed E-state index contributed by atoms with van der Waals surface area (Å²) in [6, 6.07) is 8.51. The van der Waals surface area contributed by atoms with Gasteiger partial charge < -0.3 is 10.2 Å². The largest absolute Gasteiger partial charge is 0.481 e. The molecule has 3 nitrogen and oxygen atoms in total. The summed E-state index contributed by atoms with van der Waals surface area (Å²) in [6.07, 6.45) is 3.62. The summed E-state index contributed by atoms with van der Waals surface area (Å²) in [5, 5.41) is 20.5. The van der Waals surface area contributed by atoms with Crippen molar-refractivity contribution in [2.45, 2.75) is 71.3 Å². The van der Waals surface area contributed by atoms with Gasteiger partial charge in [-0.15, -0.1) is 0 Å². The van der Waals surface area contributed by atoms with Crippen LogP contribution in [0, 0.1) is 11.3 Å². The van der Waals surface area contributed by atoms with Gasteiger partial charge in [-0.3, -0.25) is 4.79 Å². The minimum atomic E-state index is -0.902. The first-order chi connectivity index (χ1) is 10.7.